The summed E-state index contributed by atoms with van der Waals surface area (Å²) in [7, 11) is 0. The highest BCUT2D eigenvalue weighted by atomic mass is 16.6. The van der Waals surface area contributed by atoms with Crippen LogP contribution in [-0.2, 0) is 11.4 Å². The van der Waals surface area contributed by atoms with Crippen molar-refractivity contribution in [2.45, 2.75) is 44.6 Å². The molecule has 0 unspecified atom stereocenters. The van der Waals surface area contributed by atoms with Crippen LogP contribution in [-0.4, -0.2) is 6.21 Å². The molecule has 1 fully saturated rings. The van der Waals surface area contributed by atoms with Crippen LogP contribution in [0, 0.1) is 0 Å². The van der Waals surface area contributed by atoms with Crippen molar-refractivity contribution < 1.29 is 4.84 Å². The lowest BCUT2D eigenvalue weighted by Crippen LogP contribution is -2.04. The monoisotopic (exact) mass is 368 g/mol. The van der Waals surface area contributed by atoms with Gasteiger partial charge in [-0.15, -0.1) is 0 Å². The van der Waals surface area contributed by atoms with Crippen molar-refractivity contribution in [2.75, 3.05) is 0 Å². The number of benzene rings is 3. The van der Waals surface area contributed by atoms with Gasteiger partial charge in [-0.3, -0.25) is 0 Å². The largest absolute Gasteiger partial charge is 0.390 e. The minimum Gasteiger partial charge on any atom is -0.390 e. The predicted octanol–water partition coefficient (Wildman–Crippen LogP) is 6.83. The Bertz CT molecular complexity index is 893. The Kier molecular flexibility index (Phi) is 6.18. The van der Waals surface area contributed by atoms with Crippen molar-refractivity contribution in [2.24, 2.45) is 5.16 Å². The van der Waals surface area contributed by atoms with Crippen molar-refractivity contribution in [1.29, 1.82) is 0 Å². The third-order valence-corrected chi connectivity index (χ3v) is 5.55. The van der Waals surface area contributed by atoms with E-state index in [-0.39, 0.29) is 0 Å². The van der Waals surface area contributed by atoms with Gasteiger partial charge in [-0.1, -0.05) is 103 Å². The molecule has 1 aliphatic carbocycles. The molecule has 141 valence electrons. The van der Waals surface area contributed by atoms with Crippen LogP contribution in [0.1, 0.15) is 54.7 Å². The van der Waals surface area contributed by atoms with Crippen LogP contribution in [0.5, 0.6) is 0 Å². The fraction of sp³-hybridized carbons (Fsp3) is 0.269. The molecule has 0 aromatic heterocycles. The van der Waals surface area contributed by atoms with E-state index in [1.807, 2.05) is 12.1 Å². The Balaban J connectivity index is 1.36. The first kappa shape index (κ1) is 18.5. The lowest BCUT2D eigenvalue weighted by molar-refractivity contribution is 0.132. The molecule has 2 nitrogen and oxygen atoms in total. The fourth-order valence-corrected chi connectivity index (χ4v) is 4.00. The van der Waals surface area contributed by atoms with Crippen molar-refractivity contribution in [1.82, 2.24) is 0 Å². The molecule has 0 heterocycles. The Morgan fingerprint density at radius 3 is 2.29 bits per heavy atom. The summed E-state index contributed by atoms with van der Waals surface area (Å²) in [4.78, 5) is 5.55. The van der Waals surface area contributed by atoms with E-state index < -0.39 is 0 Å². The van der Waals surface area contributed by atoms with Crippen LogP contribution >= 0.6 is 0 Å². The van der Waals surface area contributed by atoms with Gasteiger partial charge in [0, 0.05) is 5.56 Å². The van der Waals surface area contributed by atoms with Gasteiger partial charge in [0.2, 0.25) is 0 Å². The smallest absolute Gasteiger partial charge is 0.142 e. The van der Waals surface area contributed by atoms with E-state index in [1.165, 1.54) is 48.8 Å². The van der Waals surface area contributed by atoms with Gasteiger partial charge in [0.25, 0.3) is 0 Å². The molecular formula is C26H26NO. The van der Waals surface area contributed by atoms with Gasteiger partial charge in [0.15, 0.2) is 0 Å². The van der Waals surface area contributed by atoms with Crippen molar-refractivity contribution in [3.05, 3.63) is 95.6 Å². The molecule has 0 amide bonds. The summed E-state index contributed by atoms with van der Waals surface area (Å²) in [6.07, 6.45) is 9.76. The van der Waals surface area contributed by atoms with Crippen LogP contribution in [0.15, 0.2) is 84.0 Å². The minimum atomic E-state index is 0.429. The fourth-order valence-electron chi connectivity index (χ4n) is 4.00. The third kappa shape index (κ3) is 4.69. The molecule has 2 heteroatoms. The molecule has 1 saturated carbocycles. The second-order valence-corrected chi connectivity index (χ2v) is 7.46. The standard InChI is InChI=1S/C26H26NO/c1-3-9-22(10-4-1)23-17-15-21(16-18-23)19-27-28-20-25-13-7-8-14-26(25)24-11-5-2-6-12-24/h2,5-8,11-18,22H,1,3-4,9-10,20H2. The van der Waals surface area contributed by atoms with Gasteiger partial charge in [-0.2, -0.15) is 0 Å². The lowest BCUT2D eigenvalue weighted by Gasteiger charge is -2.21. The first-order valence-electron chi connectivity index (χ1n) is 10.2. The van der Waals surface area contributed by atoms with Gasteiger partial charge >= 0.3 is 0 Å². The Morgan fingerprint density at radius 1 is 0.786 bits per heavy atom. The molecule has 3 aromatic carbocycles. The van der Waals surface area contributed by atoms with E-state index in [0.29, 0.717) is 6.61 Å². The third-order valence-electron chi connectivity index (χ3n) is 5.55. The first-order chi connectivity index (χ1) is 13.9. The maximum atomic E-state index is 5.55. The molecule has 0 saturated heterocycles. The van der Waals surface area contributed by atoms with Gasteiger partial charge in [0.05, 0.1) is 0 Å². The van der Waals surface area contributed by atoms with Crippen molar-refractivity contribution in [3.8, 4) is 11.1 Å². The Morgan fingerprint density at radius 2 is 1.50 bits per heavy atom. The van der Waals surface area contributed by atoms with E-state index in [2.05, 4.69) is 78.1 Å². The highest BCUT2D eigenvalue weighted by Crippen LogP contribution is 2.32. The maximum absolute atomic E-state index is 5.55. The molecule has 3 aromatic rings. The summed E-state index contributed by atoms with van der Waals surface area (Å²) in [5.41, 5.74) is 5.88. The molecule has 0 aliphatic heterocycles. The maximum Gasteiger partial charge on any atom is 0.142 e. The van der Waals surface area contributed by atoms with E-state index in [9.17, 15) is 0 Å². The van der Waals surface area contributed by atoms with Crippen LogP contribution in [0.2, 0.25) is 0 Å². The zero-order chi connectivity index (χ0) is 19.0. The topological polar surface area (TPSA) is 21.6 Å². The molecule has 1 radical (unpaired) electrons. The number of rotatable bonds is 6. The quantitative estimate of drug-likeness (QED) is 0.345. The van der Waals surface area contributed by atoms with Gasteiger partial charge in [0.1, 0.15) is 12.8 Å². The van der Waals surface area contributed by atoms with Crippen LogP contribution < -0.4 is 0 Å². The molecular weight excluding hydrogens is 342 g/mol. The minimum absolute atomic E-state index is 0.429. The summed E-state index contributed by atoms with van der Waals surface area (Å²) < 4.78 is 0. The number of hydrogen-bond donors (Lipinski definition) is 0. The average molecular weight is 369 g/mol. The average Bonchev–Trinajstić information content (AvgIpc) is 2.79. The van der Waals surface area contributed by atoms with Crippen LogP contribution in [0.25, 0.3) is 11.1 Å². The Labute approximate surface area is 167 Å². The van der Waals surface area contributed by atoms with E-state index in [1.54, 1.807) is 0 Å². The normalized spacial score (nSPS) is 15.0. The lowest BCUT2D eigenvalue weighted by atomic mass is 9.84. The summed E-state index contributed by atoms with van der Waals surface area (Å²) in [5, 5.41) is 4.06. The molecule has 0 spiro atoms. The molecule has 28 heavy (non-hydrogen) atoms. The SMILES string of the molecule is [C](=N\OCc1ccccc1-c1ccccc1)/c1ccc(C2CCCCC2)cc1. The zero-order valence-corrected chi connectivity index (χ0v) is 16.2. The molecule has 0 bridgehead atoms. The van der Waals surface area contributed by atoms with Gasteiger partial charge in [-0.05, 0) is 41.0 Å². The van der Waals surface area contributed by atoms with Gasteiger partial charge < -0.3 is 4.84 Å². The molecule has 0 N–H and O–H groups in total. The second kappa shape index (κ2) is 9.36. The number of nitrogens with zero attached hydrogens (tertiary/aromatic N) is 1. The van der Waals surface area contributed by atoms with E-state index in [0.717, 1.165) is 17.0 Å². The summed E-state index contributed by atoms with van der Waals surface area (Å²) >= 11 is 0. The van der Waals surface area contributed by atoms with Crippen LogP contribution in [0.4, 0.5) is 0 Å². The highest BCUT2D eigenvalue weighted by molar-refractivity contribution is 5.79. The van der Waals surface area contributed by atoms with E-state index in [4.69, 9.17) is 4.84 Å². The molecule has 4 rings (SSSR count). The predicted molar refractivity (Wildman–Crippen MR) is 115 cm³/mol. The second-order valence-electron chi connectivity index (χ2n) is 7.46. The summed E-state index contributed by atoms with van der Waals surface area (Å²) in [6, 6.07) is 27.3. The number of hydrogen-bond acceptors (Lipinski definition) is 2. The van der Waals surface area contributed by atoms with E-state index >= 15 is 0 Å². The summed E-state index contributed by atoms with van der Waals surface area (Å²) in [6.45, 7) is 0.429. The van der Waals surface area contributed by atoms with Crippen molar-refractivity contribution in [3.63, 3.8) is 0 Å². The molecule has 1 aliphatic rings. The highest BCUT2D eigenvalue weighted by Gasteiger charge is 2.14. The molecule has 0 atom stereocenters. The zero-order valence-electron chi connectivity index (χ0n) is 16.2. The van der Waals surface area contributed by atoms with Gasteiger partial charge in [-0.25, -0.2) is 0 Å². The van der Waals surface area contributed by atoms with Crippen LogP contribution in [0.3, 0.4) is 0 Å². The first-order valence-corrected chi connectivity index (χ1v) is 10.2. The van der Waals surface area contributed by atoms with Crippen molar-refractivity contribution >= 4 is 6.21 Å². The Hall–Kier alpha value is -2.87. The summed E-state index contributed by atoms with van der Waals surface area (Å²) in [5.74, 6) is 0.727.